The van der Waals surface area contributed by atoms with E-state index in [0.717, 1.165) is 21.0 Å². The van der Waals surface area contributed by atoms with Gasteiger partial charge in [-0.3, -0.25) is 0 Å². The third kappa shape index (κ3) is 1.49. The fourth-order valence-corrected chi connectivity index (χ4v) is 1.90. The van der Waals surface area contributed by atoms with Crippen molar-refractivity contribution >= 4 is 26.9 Å². The Labute approximate surface area is 84.8 Å². The molecule has 0 aliphatic heterocycles. The quantitative estimate of drug-likeness (QED) is 0.831. The molecular formula is C10H10BrNO. The molecule has 1 aromatic carbocycles. The molecule has 0 aliphatic rings. The van der Waals surface area contributed by atoms with Crippen molar-refractivity contribution in [3.63, 3.8) is 0 Å². The van der Waals surface area contributed by atoms with Crippen LogP contribution in [-0.2, 0) is 0 Å². The maximum atomic E-state index is 5.83. The van der Waals surface area contributed by atoms with E-state index in [4.69, 9.17) is 10.2 Å². The summed E-state index contributed by atoms with van der Waals surface area (Å²) in [5.41, 5.74) is 7.75. The molecule has 3 heteroatoms. The summed E-state index contributed by atoms with van der Waals surface area (Å²) >= 11 is 3.44. The molecule has 1 aromatic heterocycles. The highest BCUT2D eigenvalue weighted by Crippen LogP contribution is 2.28. The first-order chi connectivity index (χ1) is 6.18. The van der Waals surface area contributed by atoms with E-state index in [1.54, 1.807) is 6.26 Å². The van der Waals surface area contributed by atoms with Crippen LogP contribution in [0.25, 0.3) is 11.0 Å². The normalized spacial score (nSPS) is 13.5. The number of halogens is 1. The smallest absolute Gasteiger partial charge is 0.138 e. The topological polar surface area (TPSA) is 39.2 Å². The van der Waals surface area contributed by atoms with Crippen molar-refractivity contribution in [2.75, 3.05) is 0 Å². The second-order valence-corrected chi connectivity index (χ2v) is 4.04. The van der Waals surface area contributed by atoms with Gasteiger partial charge in [0.15, 0.2) is 0 Å². The Balaban J connectivity index is 2.77. The lowest BCUT2D eigenvalue weighted by Gasteiger charge is -2.06. The minimum Gasteiger partial charge on any atom is -0.464 e. The minimum absolute atomic E-state index is 0.00819. The third-order valence-electron chi connectivity index (χ3n) is 2.04. The van der Waals surface area contributed by atoms with Gasteiger partial charge in [-0.2, -0.15) is 0 Å². The van der Waals surface area contributed by atoms with Crippen molar-refractivity contribution in [2.45, 2.75) is 13.0 Å². The fourth-order valence-electron chi connectivity index (χ4n) is 1.41. The average Bonchev–Trinajstić information content (AvgIpc) is 2.49. The Kier molecular flexibility index (Phi) is 2.14. The lowest BCUT2D eigenvalue weighted by atomic mass is 10.1. The number of hydrogen-bond acceptors (Lipinski definition) is 2. The lowest BCUT2D eigenvalue weighted by molar-refractivity contribution is 0.605. The van der Waals surface area contributed by atoms with Crippen molar-refractivity contribution in [3.8, 4) is 0 Å². The lowest BCUT2D eigenvalue weighted by Crippen LogP contribution is -2.04. The van der Waals surface area contributed by atoms with E-state index in [9.17, 15) is 0 Å². The van der Waals surface area contributed by atoms with Gasteiger partial charge in [-0.05, 0) is 25.1 Å². The van der Waals surface area contributed by atoms with Crippen LogP contribution in [0.3, 0.4) is 0 Å². The van der Waals surface area contributed by atoms with Gasteiger partial charge in [0.25, 0.3) is 0 Å². The van der Waals surface area contributed by atoms with Crippen LogP contribution in [0.15, 0.2) is 33.4 Å². The molecule has 2 rings (SSSR count). The summed E-state index contributed by atoms with van der Waals surface area (Å²) in [6.07, 6.45) is 1.68. The molecule has 68 valence electrons. The van der Waals surface area contributed by atoms with Crippen LogP contribution in [0, 0.1) is 0 Å². The summed E-state index contributed by atoms with van der Waals surface area (Å²) in [4.78, 5) is 0. The number of furan rings is 1. The van der Waals surface area contributed by atoms with Crippen LogP contribution in [0.5, 0.6) is 0 Å². The molecule has 0 aliphatic carbocycles. The SMILES string of the molecule is C[C@H](N)c1cc(Br)cc2ccoc12. The van der Waals surface area contributed by atoms with E-state index < -0.39 is 0 Å². The molecule has 0 bridgehead atoms. The molecule has 2 aromatic rings. The number of hydrogen-bond donors (Lipinski definition) is 1. The van der Waals surface area contributed by atoms with Gasteiger partial charge in [0.1, 0.15) is 5.58 Å². The zero-order valence-corrected chi connectivity index (χ0v) is 8.84. The zero-order chi connectivity index (χ0) is 9.42. The molecule has 1 atom stereocenters. The monoisotopic (exact) mass is 239 g/mol. The van der Waals surface area contributed by atoms with Crippen molar-refractivity contribution in [2.24, 2.45) is 5.73 Å². The summed E-state index contributed by atoms with van der Waals surface area (Å²) in [6, 6.07) is 5.94. The summed E-state index contributed by atoms with van der Waals surface area (Å²) in [6.45, 7) is 1.95. The molecule has 1 heterocycles. The molecule has 0 saturated heterocycles. The summed E-state index contributed by atoms with van der Waals surface area (Å²) in [5.74, 6) is 0. The highest BCUT2D eigenvalue weighted by molar-refractivity contribution is 9.10. The van der Waals surface area contributed by atoms with Gasteiger partial charge in [0.05, 0.1) is 6.26 Å². The molecule has 13 heavy (non-hydrogen) atoms. The Bertz CT molecular complexity index is 433. The molecule has 0 amide bonds. The van der Waals surface area contributed by atoms with Gasteiger partial charge in [-0.1, -0.05) is 15.9 Å². The first-order valence-electron chi connectivity index (χ1n) is 4.10. The van der Waals surface area contributed by atoms with Gasteiger partial charge >= 0.3 is 0 Å². The number of fused-ring (bicyclic) bond motifs is 1. The largest absolute Gasteiger partial charge is 0.464 e. The molecule has 0 fully saturated rings. The fraction of sp³-hybridized carbons (Fsp3) is 0.200. The van der Waals surface area contributed by atoms with E-state index in [2.05, 4.69) is 15.9 Å². The number of nitrogens with two attached hydrogens (primary N) is 1. The van der Waals surface area contributed by atoms with Crippen LogP contribution in [0.2, 0.25) is 0 Å². The molecule has 2 N–H and O–H groups in total. The molecule has 2 nitrogen and oxygen atoms in total. The second-order valence-electron chi connectivity index (χ2n) is 3.12. The third-order valence-corrected chi connectivity index (χ3v) is 2.49. The van der Waals surface area contributed by atoms with Gasteiger partial charge in [-0.15, -0.1) is 0 Å². The molecule has 0 saturated carbocycles. The highest BCUT2D eigenvalue weighted by Gasteiger charge is 2.09. The van der Waals surface area contributed by atoms with E-state index in [0.29, 0.717) is 0 Å². The number of rotatable bonds is 1. The van der Waals surface area contributed by atoms with Crippen LogP contribution in [-0.4, -0.2) is 0 Å². The van der Waals surface area contributed by atoms with E-state index in [1.807, 2.05) is 25.1 Å². The van der Waals surface area contributed by atoms with Gasteiger partial charge in [-0.25, -0.2) is 0 Å². The van der Waals surface area contributed by atoms with Crippen LogP contribution < -0.4 is 5.73 Å². The Morgan fingerprint density at radius 1 is 1.46 bits per heavy atom. The number of benzene rings is 1. The highest BCUT2D eigenvalue weighted by atomic mass is 79.9. The van der Waals surface area contributed by atoms with E-state index >= 15 is 0 Å². The predicted molar refractivity (Wildman–Crippen MR) is 56.5 cm³/mol. The van der Waals surface area contributed by atoms with Gasteiger partial charge in [0, 0.05) is 21.5 Å². The predicted octanol–water partition coefficient (Wildman–Crippen LogP) is 3.22. The van der Waals surface area contributed by atoms with Crippen LogP contribution in [0.4, 0.5) is 0 Å². The maximum Gasteiger partial charge on any atom is 0.138 e. The van der Waals surface area contributed by atoms with Crippen molar-refractivity contribution in [1.29, 1.82) is 0 Å². The van der Waals surface area contributed by atoms with Gasteiger partial charge < -0.3 is 10.2 Å². The van der Waals surface area contributed by atoms with Crippen LogP contribution in [0.1, 0.15) is 18.5 Å². The molecule has 0 spiro atoms. The zero-order valence-electron chi connectivity index (χ0n) is 7.25. The van der Waals surface area contributed by atoms with Crippen molar-refractivity contribution in [3.05, 3.63) is 34.5 Å². The maximum absolute atomic E-state index is 5.83. The first kappa shape index (κ1) is 8.78. The summed E-state index contributed by atoms with van der Waals surface area (Å²) in [5, 5.41) is 1.08. The molecule has 0 radical (unpaired) electrons. The van der Waals surface area contributed by atoms with E-state index in [-0.39, 0.29) is 6.04 Å². The standard InChI is InChI=1S/C10H10BrNO/c1-6(12)9-5-8(11)4-7-2-3-13-10(7)9/h2-6H,12H2,1H3/t6-/m0/s1. The first-order valence-corrected chi connectivity index (χ1v) is 4.90. The summed E-state index contributed by atoms with van der Waals surface area (Å²) in [7, 11) is 0. The van der Waals surface area contributed by atoms with Crippen molar-refractivity contribution in [1.82, 2.24) is 0 Å². The average molecular weight is 240 g/mol. The van der Waals surface area contributed by atoms with Crippen molar-refractivity contribution < 1.29 is 4.42 Å². The Hall–Kier alpha value is -0.800. The Morgan fingerprint density at radius 3 is 2.92 bits per heavy atom. The summed E-state index contributed by atoms with van der Waals surface area (Å²) < 4.78 is 6.40. The molecular weight excluding hydrogens is 230 g/mol. The minimum atomic E-state index is -0.00819. The van der Waals surface area contributed by atoms with Crippen LogP contribution >= 0.6 is 15.9 Å². The second kappa shape index (κ2) is 3.16. The van der Waals surface area contributed by atoms with Gasteiger partial charge in [0.2, 0.25) is 0 Å². The van der Waals surface area contributed by atoms with E-state index in [1.165, 1.54) is 0 Å². The molecule has 0 unspecified atom stereocenters. The Morgan fingerprint density at radius 2 is 2.23 bits per heavy atom.